The zero-order valence-electron chi connectivity index (χ0n) is 10.3. The number of aliphatic hydroxyl groups excluding tert-OH is 1. The summed E-state index contributed by atoms with van der Waals surface area (Å²) in [6, 6.07) is 5.16. The second-order valence-corrected chi connectivity index (χ2v) is 8.08. The van der Waals surface area contributed by atoms with E-state index in [9.17, 15) is 13.5 Å². The van der Waals surface area contributed by atoms with Gasteiger partial charge in [-0.3, -0.25) is 0 Å². The molecule has 0 aliphatic carbocycles. The molecule has 104 valence electrons. The van der Waals surface area contributed by atoms with Gasteiger partial charge in [0.15, 0.2) is 9.84 Å². The first-order valence-corrected chi connectivity index (χ1v) is 8.46. The van der Waals surface area contributed by atoms with Crippen molar-refractivity contribution in [1.29, 1.82) is 0 Å². The lowest BCUT2D eigenvalue weighted by Gasteiger charge is -2.43. The lowest BCUT2D eigenvalue weighted by atomic mass is 9.84. The summed E-state index contributed by atoms with van der Waals surface area (Å²) in [5.41, 5.74) is 0.137. The zero-order chi connectivity index (χ0) is 13.7. The van der Waals surface area contributed by atoms with E-state index >= 15 is 0 Å². The van der Waals surface area contributed by atoms with Crippen LogP contribution >= 0.6 is 11.6 Å². The molecule has 19 heavy (non-hydrogen) atoms. The highest BCUT2D eigenvalue weighted by Gasteiger charge is 2.44. The molecule has 1 saturated heterocycles. The first-order valence-electron chi connectivity index (χ1n) is 6.26. The van der Waals surface area contributed by atoms with Crippen LogP contribution in [-0.2, 0) is 9.84 Å². The average molecular weight is 303 g/mol. The molecule has 0 saturated carbocycles. The molecular weight excluding hydrogens is 288 g/mol. The first-order chi connectivity index (χ1) is 8.89. The lowest BCUT2D eigenvalue weighted by Crippen LogP contribution is -2.47. The van der Waals surface area contributed by atoms with Crippen LogP contribution in [0.1, 0.15) is 30.9 Å². The summed E-state index contributed by atoms with van der Waals surface area (Å²) in [6.07, 6.45) is 0.655. The summed E-state index contributed by atoms with van der Waals surface area (Å²) >= 11 is 5.91. The molecule has 0 amide bonds. The van der Waals surface area contributed by atoms with Gasteiger partial charge >= 0.3 is 0 Å². The van der Waals surface area contributed by atoms with Gasteiger partial charge in [0, 0.05) is 29.8 Å². The third-order valence-electron chi connectivity index (χ3n) is 3.96. The summed E-state index contributed by atoms with van der Waals surface area (Å²) in [6.45, 7) is 0. The van der Waals surface area contributed by atoms with Crippen LogP contribution in [0.2, 0.25) is 5.02 Å². The second kappa shape index (κ2) is 4.36. The third kappa shape index (κ3) is 2.47. The molecule has 1 N–H and O–H groups in total. The van der Waals surface area contributed by atoms with Crippen LogP contribution in [0.3, 0.4) is 0 Å². The maximum absolute atomic E-state index is 11.5. The lowest BCUT2D eigenvalue weighted by molar-refractivity contribution is -0.0208. The minimum Gasteiger partial charge on any atom is -0.487 e. The van der Waals surface area contributed by atoms with E-state index in [-0.39, 0.29) is 11.5 Å². The topological polar surface area (TPSA) is 63.6 Å². The first kappa shape index (κ1) is 13.2. The molecule has 3 rings (SSSR count). The molecule has 1 aromatic rings. The van der Waals surface area contributed by atoms with Gasteiger partial charge in [-0.25, -0.2) is 8.42 Å². The summed E-state index contributed by atoms with van der Waals surface area (Å²) in [4.78, 5) is 0. The number of rotatable bonds is 0. The van der Waals surface area contributed by atoms with Crippen LogP contribution in [-0.4, -0.2) is 30.6 Å². The Balaban J connectivity index is 1.91. The van der Waals surface area contributed by atoms with Gasteiger partial charge in [-0.2, -0.15) is 0 Å². The highest BCUT2D eigenvalue weighted by Crippen LogP contribution is 2.45. The van der Waals surface area contributed by atoms with Crippen LogP contribution in [0.25, 0.3) is 0 Å². The number of aliphatic hydroxyl groups is 1. The van der Waals surface area contributed by atoms with Gasteiger partial charge in [-0.1, -0.05) is 11.6 Å². The largest absolute Gasteiger partial charge is 0.487 e. The van der Waals surface area contributed by atoms with E-state index in [1.807, 2.05) is 0 Å². The predicted octanol–water partition coefficient (Wildman–Crippen LogP) is 2.10. The van der Waals surface area contributed by atoms with Crippen molar-refractivity contribution in [1.82, 2.24) is 0 Å². The maximum Gasteiger partial charge on any atom is 0.150 e. The number of fused-ring (bicyclic) bond motifs is 1. The Morgan fingerprint density at radius 3 is 2.68 bits per heavy atom. The van der Waals surface area contributed by atoms with Crippen LogP contribution in [0, 0.1) is 0 Å². The Hall–Kier alpha value is -0.780. The molecule has 6 heteroatoms. The van der Waals surface area contributed by atoms with Crippen LogP contribution in [0.4, 0.5) is 0 Å². The van der Waals surface area contributed by atoms with E-state index in [4.69, 9.17) is 16.3 Å². The highest BCUT2D eigenvalue weighted by molar-refractivity contribution is 7.91. The Kier molecular flexibility index (Phi) is 3.04. The van der Waals surface area contributed by atoms with Gasteiger partial charge in [0.1, 0.15) is 11.4 Å². The summed E-state index contributed by atoms with van der Waals surface area (Å²) in [5.74, 6) is 0.869. The molecule has 1 aromatic carbocycles. The summed E-state index contributed by atoms with van der Waals surface area (Å²) in [7, 11) is -2.94. The van der Waals surface area contributed by atoms with E-state index in [0.717, 1.165) is 0 Å². The molecule has 1 atom stereocenters. The standard InChI is InChI=1S/C13H15ClO4S/c14-9-1-2-12-10(7-9)11(15)8-13(18-12)3-5-19(16,17)6-4-13/h1-2,7,11,15H,3-6,8H2. The number of halogens is 1. The average Bonchev–Trinajstić information content (AvgIpc) is 2.35. The Morgan fingerprint density at radius 1 is 1.32 bits per heavy atom. The minimum absolute atomic E-state index is 0.128. The SMILES string of the molecule is O=S1(=O)CCC2(CC1)CC(O)c1cc(Cl)ccc1O2. The Morgan fingerprint density at radius 2 is 2.00 bits per heavy atom. The van der Waals surface area contributed by atoms with Crippen LogP contribution in [0.15, 0.2) is 18.2 Å². The fraction of sp³-hybridized carbons (Fsp3) is 0.538. The predicted molar refractivity (Wildman–Crippen MR) is 72.3 cm³/mol. The summed E-state index contributed by atoms with van der Waals surface area (Å²) in [5, 5.41) is 10.8. The van der Waals surface area contributed by atoms with Crippen LogP contribution < -0.4 is 4.74 Å². The zero-order valence-corrected chi connectivity index (χ0v) is 11.9. The quantitative estimate of drug-likeness (QED) is 0.797. The van der Waals surface area contributed by atoms with Crippen molar-refractivity contribution in [2.45, 2.75) is 31.0 Å². The Bertz CT molecular complexity index is 597. The monoisotopic (exact) mass is 302 g/mol. The molecular formula is C13H15ClO4S. The molecule has 4 nitrogen and oxygen atoms in total. The molecule has 2 heterocycles. The molecule has 1 unspecified atom stereocenters. The second-order valence-electron chi connectivity index (χ2n) is 5.34. The highest BCUT2D eigenvalue weighted by atomic mass is 35.5. The fourth-order valence-corrected chi connectivity index (χ4v) is 4.58. The van der Waals surface area contributed by atoms with Crippen molar-refractivity contribution >= 4 is 21.4 Å². The number of hydrogen-bond acceptors (Lipinski definition) is 4. The van der Waals surface area contributed by atoms with Gasteiger partial charge in [0.25, 0.3) is 0 Å². The van der Waals surface area contributed by atoms with E-state index in [2.05, 4.69) is 0 Å². The fourth-order valence-electron chi connectivity index (χ4n) is 2.83. The molecule has 2 aliphatic heterocycles. The van der Waals surface area contributed by atoms with Crippen molar-refractivity contribution in [3.8, 4) is 5.75 Å². The van der Waals surface area contributed by atoms with Crippen molar-refractivity contribution in [3.05, 3.63) is 28.8 Å². The van der Waals surface area contributed by atoms with E-state index < -0.39 is 21.5 Å². The smallest absolute Gasteiger partial charge is 0.150 e. The number of ether oxygens (including phenoxy) is 1. The third-order valence-corrected chi connectivity index (χ3v) is 5.85. The molecule has 0 aromatic heterocycles. The van der Waals surface area contributed by atoms with Gasteiger partial charge in [-0.15, -0.1) is 0 Å². The van der Waals surface area contributed by atoms with Gasteiger partial charge < -0.3 is 9.84 Å². The molecule has 2 aliphatic rings. The minimum atomic E-state index is -2.94. The normalized spacial score (nSPS) is 27.6. The number of hydrogen-bond donors (Lipinski definition) is 1. The molecule has 0 bridgehead atoms. The number of benzene rings is 1. The van der Waals surface area contributed by atoms with Gasteiger partial charge in [0.2, 0.25) is 0 Å². The van der Waals surface area contributed by atoms with Crippen molar-refractivity contribution < 1.29 is 18.3 Å². The number of sulfone groups is 1. The van der Waals surface area contributed by atoms with Crippen molar-refractivity contribution in [2.24, 2.45) is 0 Å². The van der Waals surface area contributed by atoms with Gasteiger partial charge in [0.05, 0.1) is 17.6 Å². The van der Waals surface area contributed by atoms with Crippen LogP contribution in [0.5, 0.6) is 5.75 Å². The summed E-state index contributed by atoms with van der Waals surface area (Å²) < 4.78 is 29.0. The van der Waals surface area contributed by atoms with Crippen molar-refractivity contribution in [2.75, 3.05) is 11.5 Å². The van der Waals surface area contributed by atoms with E-state index in [1.54, 1.807) is 18.2 Å². The van der Waals surface area contributed by atoms with E-state index in [1.165, 1.54) is 0 Å². The van der Waals surface area contributed by atoms with Gasteiger partial charge in [-0.05, 0) is 18.2 Å². The molecule has 0 radical (unpaired) electrons. The molecule has 1 spiro atoms. The molecule has 1 fully saturated rings. The Labute approximate surface area is 117 Å². The maximum atomic E-state index is 11.5. The van der Waals surface area contributed by atoms with E-state index in [0.29, 0.717) is 35.6 Å². The van der Waals surface area contributed by atoms with Crippen molar-refractivity contribution in [3.63, 3.8) is 0 Å².